The van der Waals surface area contributed by atoms with Crippen LogP contribution in [0.2, 0.25) is 0 Å². The maximum absolute atomic E-state index is 14.1. The van der Waals surface area contributed by atoms with Gasteiger partial charge in [0.25, 0.3) is 11.6 Å². The van der Waals surface area contributed by atoms with Crippen LogP contribution in [0.15, 0.2) is 47.5 Å². The van der Waals surface area contributed by atoms with E-state index in [2.05, 4.69) is 4.99 Å². The Morgan fingerprint density at radius 2 is 2.00 bits per heavy atom. The van der Waals surface area contributed by atoms with Crippen LogP contribution in [0, 0.1) is 21.7 Å². The van der Waals surface area contributed by atoms with Gasteiger partial charge in [-0.2, -0.15) is 4.99 Å². The monoisotopic (exact) mass is 389 g/mol. The van der Waals surface area contributed by atoms with Gasteiger partial charge in [-0.3, -0.25) is 14.9 Å². The second kappa shape index (κ2) is 7.58. The van der Waals surface area contributed by atoms with Crippen molar-refractivity contribution < 1.29 is 18.5 Å². The molecule has 0 atom stereocenters. The minimum atomic E-state index is -0.710. The van der Waals surface area contributed by atoms with Gasteiger partial charge in [0.2, 0.25) is 0 Å². The van der Waals surface area contributed by atoms with Crippen LogP contribution in [-0.4, -0.2) is 15.4 Å². The Morgan fingerprint density at radius 1 is 1.30 bits per heavy atom. The number of fused-ring (bicyclic) bond motifs is 1. The smallest absolute Gasteiger partial charge is 0.272 e. The molecular formula is C18H13F2N3O3S. The Morgan fingerprint density at radius 3 is 2.63 bits per heavy atom. The van der Waals surface area contributed by atoms with Gasteiger partial charge in [-0.1, -0.05) is 11.3 Å². The average Bonchev–Trinajstić information content (AvgIpc) is 2.97. The van der Waals surface area contributed by atoms with Crippen LogP contribution in [0.4, 0.5) is 14.5 Å². The zero-order valence-electron chi connectivity index (χ0n) is 14.1. The average molecular weight is 389 g/mol. The van der Waals surface area contributed by atoms with Crippen LogP contribution in [0.5, 0.6) is 0 Å². The lowest BCUT2D eigenvalue weighted by Gasteiger charge is -2.01. The van der Waals surface area contributed by atoms with Crippen LogP contribution < -0.4 is 4.80 Å². The fraction of sp³-hybridized carbons (Fsp3) is 0.111. The number of amides is 1. The van der Waals surface area contributed by atoms with Gasteiger partial charge in [-0.15, -0.1) is 0 Å². The Balaban J connectivity index is 1.93. The number of rotatable bonds is 4. The highest BCUT2D eigenvalue weighted by Gasteiger charge is 2.12. The molecule has 3 rings (SSSR count). The number of thiazole rings is 1. The minimum Gasteiger partial charge on any atom is -0.314 e. The van der Waals surface area contributed by atoms with Crippen molar-refractivity contribution in [2.24, 2.45) is 4.99 Å². The maximum atomic E-state index is 14.1. The van der Waals surface area contributed by atoms with Crippen molar-refractivity contribution in [1.82, 2.24) is 4.57 Å². The molecule has 0 spiro atoms. The van der Waals surface area contributed by atoms with Gasteiger partial charge in [-0.25, -0.2) is 8.78 Å². The normalized spacial score (nSPS) is 12.2. The number of aromatic nitrogens is 1. The van der Waals surface area contributed by atoms with Crippen molar-refractivity contribution in [3.63, 3.8) is 0 Å². The molecule has 1 amide bonds. The van der Waals surface area contributed by atoms with Crippen LogP contribution in [-0.2, 0) is 11.3 Å². The lowest BCUT2D eigenvalue weighted by atomic mass is 10.2. The van der Waals surface area contributed by atoms with E-state index in [0.717, 1.165) is 17.4 Å². The van der Waals surface area contributed by atoms with E-state index < -0.39 is 22.5 Å². The number of carbonyl (C=O) groups is 1. The SMILES string of the molecule is CCn1c(=NC(=O)/C=C\c2ccc([N+](=O)[O-])cc2)sc2cc(F)cc(F)c21. The lowest BCUT2D eigenvalue weighted by molar-refractivity contribution is -0.384. The number of benzene rings is 2. The standard InChI is InChI=1S/C18H13F2N3O3S/c1-2-22-17-14(20)9-12(19)10-15(17)27-18(22)21-16(24)8-5-11-3-6-13(7-4-11)23(25)26/h3-10H,2H2,1H3/b8-5-,21-18?. The van der Waals surface area contributed by atoms with Gasteiger partial charge in [0.05, 0.1) is 15.1 Å². The van der Waals surface area contributed by atoms with E-state index in [-0.39, 0.29) is 16.0 Å². The molecule has 6 nitrogen and oxygen atoms in total. The summed E-state index contributed by atoms with van der Waals surface area (Å²) in [5, 5.41) is 10.6. The molecule has 0 aliphatic heterocycles. The van der Waals surface area contributed by atoms with Gasteiger partial charge >= 0.3 is 0 Å². The molecule has 0 N–H and O–H groups in total. The summed E-state index contributed by atoms with van der Waals surface area (Å²) in [4.78, 5) is 26.5. The topological polar surface area (TPSA) is 77.5 Å². The highest BCUT2D eigenvalue weighted by Crippen LogP contribution is 2.22. The molecule has 0 bridgehead atoms. The summed E-state index contributed by atoms with van der Waals surface area (Å²) in [5.74, 6) is -1.98. The summed E-state index contributed by atoms with van der Waals surface area (Å²) in [5.41, 5.74) is 0.749. The van der Waals surface area contributed by atoms with Crippen molar-refractivity contribution in [3.8, 4) is 0 Å². The summed E-state index contributed by atoms with van der Waals surface area (Å²) in [6, 6.07) is 7.66. The Kier molecular flexibility index (Phi) is 5.22. The second-order valence-electron chi connectivity index (χ2n) is 5.50. The third-order valence-electron chi connectivity index (χ3n) is 3.74. The van der Waals surface area contributed by atoms with E-state index in [1.165, 1.54) is 47.1 Å². The number of nitro groups is 1. The van der Waals surface area contributed by atoms with Gasteiger partial charge in [0.1, 0.15) is 5.82 Å². The number of hydrogen-bond acceptors (Lipinski definition) is 4. The van der Waals surface area contributed by atoms with Crippen molar-refractivity contribution in [3.05, 3.63) is 74.6 Å². The number of non-ortho nitro benzene ring substituents is 1. The third kappa shape index (κ3) is 3.98. The molecule has 0 fully saturated rings. The Bertz CT molecular complexity index is 1130. The lowest BCUT2D eigenvalue weighted by Crippen LogP contribution is -2.15. The number of hydrogen-bond donors (Lipinski definition) is 0. The maximum Gasteiger partial charge on any atom is 0.272 e. The fourth-order valence-corrected chi connectivity index (χ4v) is 3.65. The largest absolute Gasteiger partial charge is 0.314 e. The molecule has 27 heavy (non-hydrogen) atoms. The summed E-state index contributed by atoms with van der Waals surface area (Å²) in [6.07, 6.45) is 2.68. The fourth-order valence-electron chi connectivity index (χ4n) is 2.51. The summed E-state index contributed by atoms with van der Waals surface area (Å²) >= 11 is 1.02. The van der Waals surface area contributed by atoms with Crippen LogP contribution in [0.1, 0.15) is 12.5 Å². The Hall–Kier alpha value is -3.20. The molecule has 1 aromatic heterocycles. The first-order valence-electron chi connectivity index (χ1n) is 7.88. The third-order valence-corrected chi connectivity index (χ3v) is 4.76. The van der Waals surface area contributed by atoms with Crippen LogP contribution in [0.3, 0.4) is 0 Å². The van der Waals surface area contributed by atoms with E-state index in [9.17, 15) is 23.7 Å². The highest BCUT2D eigenvalue weighted by molar-refractivity contribution is 7.16. The molecule has 0 aliphatic rings. The molecule has 9 heteroatoms. The number of halogens is 2. The van der Waals surface area contributed by atoms with Crippen molar-refractivity contribution >= 4 is 39.2 Å². The minimum absolute atomic E-state index is 0.0494. The first kappa shape index (κ1) is 18.6. The van der Waals surface area contributed by atoms with Crippen molar-refractivity contribution in [1.29, 1.82) is 0 Å². The van der Waals surface area contributed by atoms with Crippen molar-refractivity contribution in [2.75, 3.05) is 0 Å². The zero-order chi connectivity index (χ0) is 19.6. The predicted molar refractivity (Wildman–Crippen MR) is 98.1 cm³/mol. The molecule has 0 saturated heterocycles. The first-order valence-corrected chi connectivity index (χ1v) is 8.70. The highest BCUT2D eigenvalue weighted by atomic mass is 32.1. The summed E-state index contributed by atoms with van der Waals surface area (Å²) in [6.45, 7) is 2.13. The summed E-state index contributed by atoms with van der Waals surface area (Å²) in [7, 11) is 0. The Labute approximate surface area is 155 Å². The van der Waals surface area contributed by atoms with Crippen molar-refractivity contribution in [2.45, 2.75) is 13.5 Å². The predicted octanol–water partition coefficient (Wildman–Crippen LogP) is 4.05. The quantitative estimate of drug-likeness (QED) is 0.384. The van der Waals surface area contributed by atoms with E-state index in [4.69, 9.17) is 0 Å². The van der Waals surface area contributed by atoms with Gasteiger partial charge in [0, 0.05) is 30.8 Å². The number of nitrogens with zero attached hydrogens (tertiary/aromatic N) is 3. The first-order chi connectivity index (χ1) is 12.9. The number of carbonyl (C=O) groups excluding carboxylic acids is 1. The van der Waals surface area contributed by atoms with E-state index in [0.29, 0.717) is 16.8 Å². The molecule has 0 saturated carbocycles. The molecule has 138 valence electrons. The van der Waals surface area contributed by atoms with Gasteiger partial charge in [0.15, 0.2) is 10.6 Å². The van der Waals surface area contributed by atoms with Gasteiger partial charge < -0.3 is 4.57 Å². The van der Waals surface area contributed by atoms with E-state index in [1.807, 2.05) is 0 Å². The number of aryl methyl sites for hydroxylation is 1. The molecule has 0 radical (unpaired) electrons. The molecule has 2 aromatic carbocycles. The molecule has 1 heterocycles. The summed E-state index contributed by atoms with van der Waals surface area (Å²) < 4.78 is 29.3. The zero-order valence-corrected chi connectivity index (χ0v) is 14.9. The molecule has 0 unspecified atom stereocenters. The van der Waals surface area contributed by atoms with Crippen LogP contribution in [0.25, 0.3) is 16.3 Å². The second-order valence-corrected chi connectivity index (χ2v) is 6.50. The van der Waals surface area contributed by atoms with Gasteiger partial charge in [-0.05, 0) is 36.8 Å². The molecule has 3 aromatic rings. The number of nitro benzene ring substituents is 1. The molecular weight excluding hydrogens is 376 g/mol. The van der Waals surface area contributed by atoms with Crippen LogP contribution >= 0.6 is 11.3 Å². The van der Waals surface area contributed by atoms with E-state index >= 15 is 0 Å². The van der Waals surface area contributed by atoms with E-state index in [1.54, 1.807) is 6.92 Å². The molecule has 0 aliphatic carbocycles.